The van der Waals surface area contributed by atoms with Crippen LogP contribution in [0.4, 0.5) is 5.69 Å². The van der Waals surface area contributed by atoms with E-state index in [-0.39, 0.29) is 0 Å². The summed E-state index contributed by atoms with van der Waals surface area (Å²) in [6.45, 7) is 1.13. The fraction of sp³-hybridized carbons (Fsp3) is 0.615. The Morgan fingerprint density at radius 2 is 2.47 bits per heavy atom. The second kappa shape index (κ2) is 6.10. The molecule has 1 saturated heterocycles. The zero-order valence-corrected chi connectivity index (χ0v) is 11.0. The maximum Gasteiger partial charge on any atom is 0.214 e. The van der Waals surface area contributed by atoms with Gasteiger partial charge in [0.05, 0.1) is 7.11 Å². The Balaban J connectivity index is 2.08. The summed E-state index contributed by atoms with van der Waals surface area (Å²) in [7, 11) is 1.65. The number of ether oxygens (including phenoxy) is 1. The van der Waals surface area contributed by atoms with Crippen molar-refractivity contribution in [3.05, 3.63) is 18.3 Å². The van der Waals surface area contributed by atoms with Crippen molar-refractivity contribution in [2.75, 3.05) is 24.4 Å². The Labute approximate surface area is 108 Å². The van der Waals surface area contributed by atoms with Crippen LogP contribution in [0.15, 0.2) is 18.3 Å². The molecule has 2 rings (SSSR count). The fourth-order valence-corrected chi connectivity index (χ4v) is 2.63. The molecule has 1 unspecified atom stereocenters. The second-order valence-corrected chi connectivity index (χ2v) is 4.76. The number of rotatable bonds is 5. The number of hydrogen-bond donors (Lipinski definition) is 0. The van der Waals surface area contributed by atoms with E-state index < -0.39 is 0 Å². The maximum atomic E-state index is 5.77. The van der Waals surface area contributed by atoms with Crippen LogP contribution in [0, 0.1) is 0 Å². The number of methoxy groups -OCH3 is 1. The molecule has 3 nitrogen and oxygen atoms in total. The molecule has 0 saturated carbocycles. The molecule has 94 valence electrons. The third-order valence-corrected chi connectivity index (χ3v) is 3.57. The first-order chi connectivity index (χ1) is 8.35. The van der Waals surface area contributed by atoms with E-state index in [2.05, 4.69) is 16.0 Å². The lowest BCUT2D eigenvalue weighted by Gasteiger charge is -2.26. The summed E-state index contributed by atoms with van der Waals surface area (Å²) in [6, 6.07) is 4.70. The highest BCUT2D eigenvalue weighted by molar-refractivity contribution is 6.17. The van der Waals surface area contributed by atoms with Gasteiger partial charge in [-0.15, -0.1) is 11.6 Å². The molecular formula is C13H19ClN2O. The smallest absolute Gasteiger partial charge is 0.214 e. The first kappa shape index (κ1) is 12.5. The Bertz CT molecular complexity index is 359. The van der Waals surface area contributed by atoms with Crippen LogP contribution in [-0.4, -0.2) is 30.6 Å². The lowest BCUT2D eigenvalue weighted by Crippen LogP contribution is -2.29. The number of alkyl halides is 1. The molecule has 0 amide bonds. The molecule has 1 atom stereocenters. The van der Waals surface area contributed by atoms with Crippen LogP contribution in [-0.2, 0) is 0 Å². The molecule has 0 radical (unpaired) electrons. The molecule has 0 spiro atoms. The number of nitrogens with zero attached hydrogens (tertiary/aromatic N) is 2. The van der Waals surface area contributed by atoms with Crippen molar-refractivity contribution in [1.82, 2.24) is 4.98 Å². The van der Waals surface area contributed by atoms with Gasteiger partial charge in [0, 0.05) is 36.4 Å². The summed E-state index contributed by atoms with van der Waals surface area (Å²) in [4.78, 5) is 6.60. The van der Waals surface area contributed by atoms with Crippen LogP contribution in [0.25, 0.3) is 0 Å². The SMILES string of the molecule is COc1cc(N2CCCC2CCCCl)ccn1. The third kappa shape index (κ3) is 3.03. The molecule has 1 fully saturated rings. The van der Waals surface area contributed by atoms with E-state index in [0.717, 1.165) is 18.8 Å². The number of pyridine rings is 1. The van der Waals surface area contributed by atoms with Crippen molar-refractivity contribution in [2.45, 2.75) is 31.7 Å². The Hall–Kier alpha value is -0.960. The summed E-state index contributed by atoms with van der Waals surface area (Å²) < 4.78 is 5.17. The molecule has 2 heterocycles. The van der Waals surface area contributed by atoms with Gasteiger partial charge in [-0.1, -0.05) is 0 Å². The van der Waals surface area contributed by atoms with Gasteiger partial charge in [0.1, 0.15) is 0 Å². The van der Waals surface area contributed by atoms with E-state index in [1.807, 2.05) is 12.3 Å². The Morgan fingerprint density at radius 1 is 1.59 bits per heavy atom. The molecular weight excluding hydrogens is 236 g/mol. The van der Waals surface area contributed by atoms with Crippen molar-refractivity contribution < 1.29 is 4.74 Å². The molecule has 1 aliphatic heterocycles. The van der Waals surface area contributed by atoms with Gasteiger partial charge >= 0.3 is 0 Å². The first-order valence-corrected chi connectivity index (χ1v) is 6.71. The van der Waals surface area contributed by atoms with Crippen molar-refractivity contribution in [1.29, 1.82) is 0 Å². The summed E-state index contributed by atoms with van der Waals surface area (Å²) in [5.74, 6) is 1.44. The third-order valence-electron chi connectivity index (χ3n) is 3.31. The standard InChI is InChI=1S/C13H19ClN2O/c1-17-13-10-12(6-8-15-13)16-9-3-5-11(16)4-2-7-14/h6,8,10-11H,2-5,7,9H2,1H3. The summed E-state index contributed by atoms with van der Waals surface area (Å²) in [6.07, 6.45) is 6.60. The van der Waals surface area contributed by atoms with E-state index >= 15 is 0 Å². The molecule has 4 heteroatoms. The van der Waals surface area contributed by atoms with Crippen molar-refractivity contribution >= 4 is 17.3 Å². The van der Waals surface area contributed by atoms with Crippen molar-refractivity contribution in [3.8, 4) is 5.88 Å². The average Bonchev–Trinajstić information content (AvgIpc) is 2.84. The van der Waals surface area contributed by atoms with Crippen molar-refractivity contribution in [3.63, 3.8) is 0 Å². The molecule has 0 bridgehead atoms. The summed E-state index contributed by atoms with van der Waals surface area (Å²) >= 11 is 5.77. The van der Waals surface area contributed by atoms with Gasteiger partial charge in [-0.25, -0.2) is 4.98 Å². The number of aromatic nitrogens is 1. The van der Waals surface area contributed by atoms with Gasteiger partial charge in [-0.2, -0.15) is 0 Å². The first-order valence-electron chi connectivity index (χ1n) is 6.18. The normalized spacial score (nSPS) is 19.6. The van der Waals surface area contributed by atoms with Crippen LogP contribution in [0.2, 0.25) is 0 Å². The van der Waals surface area contributed by atoms with Gasteiger partial charge in [-0.3, -0.25) is 0 Å². The van der Waals surface area contributed by atoms with Crippen LogP contribution >= 0.6 is 11.6 Å². The highest BCUT2D eigenvalue weighted by Gasteiger charge is 2.24. The molecule has 0 aliphatic carbocycles. The molecule has 1 aliphatic rings. The number of hydrogen-bond acceptors (Lipinski definition) is 3. The monoisotopic (exact) mass is 254 g/mol. The minimum atomic E-state index is 0.626. The summed E-state index contributed by atoms with van der Waals surface area (Å²) in [5.41, 5.74) is 1.22. The van der Waals surface area contributed by atoms with Crippen molar-refractivity contribution in [2.24, 2.45) is 0 Å². The summed E-state index contributed by atoms with van der Waals surface area (Å²) in [5, 5.41) is 0. The van der Waals surface area contributed by atoms with E-state index in [1.54, 1.807) is 7.11 Å². The Kier molecular flexibility index (Phi) is 4.49. The largest absolute Gasteiger partial charge is 0.481 e. The predicted molar refractivity (Wildman–Crippen MR) is 71.1 cm³/mol. The Morgan fingerprint density at radius 3 is 3.24 bits per heavy atom. The molecule has 1 aromatic heterocycles. The minimum absolute atomic E-state index is 0.626. The van der Waals surface area contributed by atoms with Crippen LogP contribution in [0.5, 0.6) is 5.88 Å². The van der Waals surface area contributed by atoms with E-state index in [9.17, 15) is 0 Å². The minimum Gasteiger partial charge on any atom is -0.481 e. The lowest BCUT2D eigenvalue weighted by atomic mass is 10.1. The highest BCUT2D eigenvalue weighted by atomic mass is 35.5. The predicted octanol–water partition coefficient (Wildman–Crippen LogP) is 3.08. The van der Waals surface area contributed by atoms with E-state index in [0.29, 0.717) is 11.9 Å². The highest BCUT2D eigenvalue weighted by Crippen LogP contribution is 2.29. The molecule has 0 aromatic carbocycles. The van der Waals surface area contributed by atoms with Gasteiger partial charge < -0.3 is 9.64 Å². The van der Waals surface area contributed by atoms with Gasteiger partial charge in [0.2, 0.25) is 5.88 Å². The van der Waals surface area contributed by atoms with E-state index in [1.165, 1.54) is 24.9 Å². The number of anilines is 1. The molecule has 1 aromatic rings. The second-order valence-electron chi connectivity index (χ2n) is 4.38. The quantitative estimate of drug-likeness (QED) is 0.755. The van der Waals surface area contributed by atoms with Gasteiger partial charge in [-0.05, 0) is 31.7 Å². The lowest BCUT2D eigenvalue weighted by molar-refractivity contribution is 0.398. The average molecular weight is 255 g/mol. The van der Waals surface area contributed by atoms with Gasteiger partial charge in [0.15, 0.2) is 0 Å². The topological polar surface area (TPSA) is 25.4 Å². The zero-order valence-electron chi connectivity index (χ0n) is 10.2. The van der Waals surface area contributed by atoms with E-state index in [4.69, 9.17) is 16.3 Å². The van der Waals surface area contributed by atoms with Crippen LogP contribution < -0.4 is 9.64 Å². The zero-order chi connectivity index (χ0) is 12.1. The fourth-order valence-electron chi connectivity index (χ4n) is 2.48. The van der Waals surface area contributed by atoms with Crippen LogP contribution in [0.1, 0.15) is 25.7 Å². The maximum absolute atomic E-state index is 5.77. The number of halogens is 1. The van der Waals surface area contributed by atoms with Crippen LogP contribution in [0.3, 0.4) is 0 Å². The molecule has 0 N–H and O–H groups in total. The molecule has 17 heavy (non-hydrogen) atoms. The van der Waals surface area contributed by atoms with Gasteiger partial charge in [0.25, 0.3) is 0 Å².